The Bertz CT molecular complexity index is 370. The molecule has 1 rings (SSSR count). The van der Waals surface area contributed by atoms with Crippen molar-refractivity contribution in [2.75, 3.05) is 13.1 Å². The number of nitrogens with zero attached hydrogens (tertiary/aromatic N) is 1. The first-order chi connectivity index (χ1) is 7.90. The molecule has 0 fully saturated rings. The van der Waals surface area contributed by atoms with Crippen molar-refractivity contribution in [3.63, 3.8) is 0 Å². The van der Waals surface area contributed by atoms with E-state index in [0.717, 1.165) is 25.1 Å². The largest absolute Gasteiger partial charge is 0.313 e. The number of halogens is 1. The lowest BCUT2D eigenvalue weighted by molar-refractivity contribution is 0.123. The summed E-state index contributed by atoms with van der Waals surface area (Å²) in [6.45, 7) is 9.85. The molecule has 0 aliphatic carbocycles. The van der Waals surface area contributed by atoms with E-state index in [0.29, 0.717) is 5.56 Å². The summed E-state index contributed by atoms with van der Waals surface area (Å²) in [5.74, 6) is -0.157. The highest BCUT2D eigenvalue weighted by molar-refractivity contribution is 5.25. The van der Waals surface area contributed by atoms with Crippen LogP contribution in [0.5, 0.6) is 0 Å². The fraction of sp³-hybridized carbons (Fsp3) is 0.571. The molecule has 0 amide bonds. The maximum absolute atomic E-state index is 13.2. The van der Waals surface area contributed by atoms with Gasteiger partial charge in [-0.05, 0) is 44.1 Å². The van der Waals surface area contributed by atoms with Gasteiger partial charge in [0.2, 0.25) is 0 Å². The second kappa shape index (κ2) is 5.61. The van der Waals surface area contributed by atoms with Gasteiger partial charge in [0.1, 0.15) is 5.82 Å². The molecule has 0 bridgehead atoms. The van der Waals surface area contributed by atoms with E-state index in [1.165, 1.54) is 6.07 Å². The van der Waals surface area contributed by atoms with Gasteiger partial charge in [0, 0.05) is 6.42 Å². The van der Waals surface area contributed by atoms with Crippen molar-refractivity contribution in [1.29, 1.82) is 0 Å². The average molecular weight is 238 g/mol. The summed E-state index contributed by atoms with van der Waals surface area (Å²) >= 11 is 0. The number of hydrogen-bond donors (Lipinski definition) is 1. The molecule has 0 saturated heterocycles. The summed E-state index contributed by atoms with van der Waals surface area (Å²) in [6, 6.07) is 5.21. The minimum Gasteiger partial charge on any atom is -0.313 e. The summed E-state index contributed by atoms with van der Waals surface area (Å²) in [7, 11) is 0. The van der Waals surface area contributed by atoms with Gasteiger partial charge in [-0.1, -0.05) is 26.0 Å². The van der Waals surface area contributed by atoms with Crippen LogP contribution in [0.15, 0.2) is 18.2 Å². The summed E-state index contributed by atoms with van der Waals surface area (Å²) in [5.41, 5.74) is 7.72. The molecule has 0 saturated carbocycles. The van der Waals surface area contributed by atoms with Crippen LogP contribution >= 0.6 is 0 Å². The van der Waals surface area contributed by atoms with Gasteiger partial charge in [0.15, 0.2) is 0 Å². The molecule has 0 heterocycles. The molecule has 0 aromatic heterocycles. The van der Waals surface area contributed by atoms with Crippen LogP contribution < -0.4 is 5.73 Å². The van der Waals surface area contributed by atoms with Crippen LogP contribution in [0.4, 0.5) is 4.39 Å². The Hall–Kier alpha value is -0.930. The lowest BCUT2D eigenvalue weighted by Crippen LogP contribution is -2.55. The topological polar surface area (TPSA) is 29.3 Å². The zero-order chi connectivity index (χ0) is 13.1. The minimum absolute atomic E-state index is 0.157. The van der Waals surface area contributed by atoms with Crippen LogP contribution in [-0.4, -0.2) is 23.7 Å². The van der Waals surface area contributed by atoms with Crippen LogP contribution in [0.1, 0.15) is 31.9 Å². The standard InChI is InChI=1S/C14H23FN2/c1-5-17(6-2)14(4,16)10-12-7-8-13(15)11(3)9-12/h7-9H,5-6,10,16H2,1-4H3. The summed E-state index contributed by atoms with van der Waals surface area (Å²) in [4.78, 5) is 2.21. The van der Waals surface area contributed by atoms with E-state index in [4.69, 9.17) is 5.73 Å². The highest BCUT2D eigenvalue weighted by Crippen LogP contribution is 2.17. The van der Waals surface area contributed by atoms with Crippen molar-refractivity contribution < 1.29 is 4.39 Å². The molecule has 2 N–H and O–H groups in total. The molecule has 1 aromatic rings. The number of rotatable bonds is 5. The molecule has 2 nitrogen and oxygen atoms in total. The highest BCUT2D eigenvalue weighted by atomic mass is 19.1. The maximum atomic E-state index is 13.2. The molecule has 0 radical (unpaired) electrons. The van der Waals surface area contributed by atoms with Crippen LogP contribution in [0.3, 0.4) is 0 Å². The molecule has 96 valence electrons. The van der Waals surface area contributed by atoms with Crippen LogP contribution in [0.25, 0.3) is 0 Å². The van der Waals surface area contributed by atoms with Crippen LogP contribution in [-0.2, 0) is 6.42 Å². The third kappa shape index (κ3) is 3.51. The predicted octanol–water partition coefficient (Wildman–Crippen LogP) is 2.69. The zero-order valence-electron chi connectivity index (χ0n) is 11.3. The number of aryl methyl sites for hydroxylation is 1. The summed E-state index contributed by atoms with van der Waals surface area (Å²) < 4.78 is 13.2. The lowest BCUT2D eigenvalue weighted by Gasteiger charge is -2.37. The minimum atomic E-state index is -0.381. The van der Waals surface area contributed by atoms with E-state index in [1.807, 2.05) is 19.1 Å². The Labute approximate surface area is 104 Å². The molecule has 0 spiro atoms. The van der Waals surface area contributed by atoms with Crippen molar-refractivity contribution in [2.45, 2.75) is 39.8 Å². The van der Waals surface area contributed by atoms with Crippen molar-refractivity contribution in [3.05, 3.63) is 35.1 Å². The Balaban J connectivity index is 2.85. The second-order valence-corrected chi connectivity index (χ2v) is 4.79. The van der Waals surface area contributed by atoms with Gasteiger partial charge in [-0.25, -0.2) is 4.39 Å². The molecule has 3 heteroatoms. The monoisotopic (exact) mass is 238 g/mol. The van der Waals surface area contributed by atoms with E-state index >= 15 is 0 Å². The molecule has 1 aromatic carbocycles. The van der Waals surface area contributed by atoms with E-state index in [2.05, 4.69) is 18.7 Å². The molecule has 17 heavy (non-hydrogen) atoms. The zero-order valence-corrected chi connectivity index (χ0v) is 11.3. The SMILES string of the molecule is CCN(CC)C(C)(N)Cc1ccc(F)c(C)c1. The fourth-order valence-electron chi connectivity index (χ4n) is 2.29. The lowest BCUT2D eigenvalue weighted by atomic mass is 9.99. The third-order valence-electron chi connectivity index (χ3n) is 3.27. The maximum Gasteiger partial charge on any atom is 0.126 e. The molecule has 0 aliphatic rings. The molecular weight excluding hydrogens is 215 g/mol. The molecule has 1 atom stereocenters. The number of benzene rings is 1. The van der Waals surface area contributed by atoms with Crippen molar-refractivity contribution in [1.82, 2.24) is 4.90 Å². The number of hydrogen-bond acceptors (Lipinski definition) is 2. The Kier molecular flexibility index (Phi) is 4.66. The number of nitrogens with two attached hydrogens (primary N) is 1. The first kappa shape index (κ1) is 14.1. The Morgan fingerprint density at radius 2 is 1.88 bits per heavy atom. The Morgan fingerprint density at radius 3 is 2.35 bits per heavy atom. The van der Waals surface area contributed by atoms with Crippen LogP contribution in [0.2, 0.25) is 0 Å². The third-order valence-corrected chi connectivity index (χ3v) is 3.27. The van der Waals surface area contributed by atoms with Crippen molar-refractivity contribution in [2.24, 2.45) is 5.73 Å². The van der Waals surface area contributed by atoms with Gasteiger partial charge < -0.3 is 5.73 Å². The van der Waals surface area contributed by atoms with E-state index < -0.39 is 0 Å². The Morgan fingerprint density at radius 1 is 1.29 bits per heavy atom. The average Bonchev–Trinajstić information content (AvgIpc) is 2.24. The van der Waals surface area contributed by atoms with Crippen molar-refractivity contribution >= 4 is 0 Å². The van der Waals surface area contributed by atoms with E-state index in [1.54, 1.807) is 6.92 Å². The van der Waals surface area contributed by atoms with Crippen LogP contribution in [0, 0.1) is 12.7 Å². The smallest absolute Gasteiger partial charge is 0.126 e. The van der Waals surface area contributed by atoms with E-state index in [-0.39, 0.29) is 11.5 Å². The first-order valence-electron chi connectivity index (χ1n) is 6.19. The summed E-state index contributed by atoms with van der Waals surface area (Å²) in [6.07, 6.45) is 0.732. The highest BCUT2D eigenvalue weighted by Gasteiger charge is 2.25. The quantitative estimate of drug-likeness (QED) is 0.799. The molecule has 1 unspecified atom stereocenters. The first-order valence-corrected chi connectivity index (χ1v) is 6.19. The van der Waals surface area contributed by atoms with Gasteiger partial charge >= 0.3 is 0 Å². The second-order valence-electron chi connectivity index (χ2n) is 4.79. The van der Waals surface area contributed by atoms with Gasteiger partial charge in [0.25, 0.3) is 0 Å². The fourth-order valence-corrected chi connectivity index (χ4v) is 2.29. The molecular formula is C14H23FN2. The van der Waals surface area contributed by atoms with Gasteiger partial charge in [-0.2, -0.15) is 0 Å². The predicted molar refractivity (Wildman–Crippen MR) is 70.4 cm³/mol. The molecule has 0 aliphatic heterocycles. The van der Waals surface area contributed by atoms with Gasteiger partial charge in [0.05, 0.1) is 5.66 Å². The summed E-state index contributed by atoms with van der Waals surface area (Å²) in [5, 5.41) is 0. The van der Waals surface area contributed by atoms with Gasteiger partial charge in [-0.15, -0.1) is 0 Å². The van der Waals surface area contributed by atoms with Gasteiger partial charge in [-0.3, -0.25) is 4.90 Å². The normalized spacial score (nSPS) is 15.0. The number of likely N-dealkylation sites (N-methyl/N-ethyl adjacent to an activating group) is 1. The van der Waals surface area contributed by atoms with Crippen molar-refractivity contribution in [3.8, 4) is 0 Å². The van der Waals surface area contributed by atoms with E-state index in [9.17, 15) is 4.39 Å².